The van der Waals surface area contributed by atoms with Crippen molar-refractivity contribution >= 4 is 36.1 Å². The van der Waals surface area contributed by atoms with Crippen molar-refractivity contribution in [3.05, 3.63) is 39.2 Å². The first-order valence-corrected chi connectivity index (χ1v) is 9.27. The van der Waals surface area contributed by atoms with Crippen LogP contribution in [-0.4, -0.2) is 14.8 Å². The fraction of sp³-hybridized carbons (Fsp3) is 0.267. The summed E-state index contributed by atoms with van der Waals surface area (Å²) in [5, 5.41) is 4.23. The summed E-state index contributed by atoms with van der Waals surface area (Å²) >= 11 is 5.94. The summed E-state index contributed by atoms with van der Waals surface area (Å²) in [6.07, 6.45) is 1.47. The Hall–Kier alpha value is -1.92. The van der Waals surface area contributed by atoms with Crippen LogP contribution in [0.25, 0.3) is 22.5 Å². The number of aromatic nitrogens is 3. The Balaban J connectivity index is 1.96. The van der Waals surface area contributed by atoms with Gasteiger partial charge in [-0.05, 0) is 37.5 Å². The predicted molar refractivity (Wildman–Crippen MR) is 89.4 cm³/mol. The van der Waals surface area contributed by atoms with E-state index in [0.717, 1.165) is 18.9 Å². The summed E-state index contributed by atoms with van der Waals surface area (Å²) in [7, 11) is -5.78. The van der Waals surface area contributed by atoms with Gasteiger partial charge in [0.15, 0.2) is 0 Å². The molecule has 1 saturated carbocycles. The second kappa shape index (κ2) is 5.54. The molecule has 0 atom stereocenters. The molecular formula is C15H11ClF3N3O2P+. The Morgan fingerprint density at radius 2 is 2.00 bits per heavy atom. The van der Waals surface area contributed by atoms with Gasteiger partial charge in [0.2, 0.25) is 5.89 Å². The van der Waals surface area contributed by atoms with Crippen LogP contribution in [-0.2, 0) is 0 Å². The summed E-state index contributed by atoms with van der Waals surface area (Å²) in [6.45, 7) is 1.72. The summed E-state index contributed by atoms with van der Waals surface area (Å²) in [5.74, 6) is -0.165. The van der Waals surface area contributed by atoms with Gasteiger partial charge in [-0.25, -0.2) is 9.78 Å². The van der Waals surface area contributed by atoms with E-state index in [2.05, 4.69) is 10.1 Å². The lowest BCUT2D eigenvalue weighted by molar-refractivity contribution is 0.506. The smallest absolute Gasteiger partial charge is 0.401 e. The van der Waals surface area contributed by atoms with Gasteiger partial charge in [0.05, 0.1) is 16.9 Å². The molecule has 0 spiro atoms. The quantitative estimate of drug-likeness (QED) is 0.613. The molecule has 25 heavy (non-hydrogen) atoms. The van der Waals surface area contributed by atoms with E-state index >= 15 is 0 Å². The third-order valence-electron chi connectivity index (χ3n) is 3.98. The van der Waals surface area contributed by atoms with Crippen LogP contribution in [0.15, 0.2) is 27.4 Å². The molecular weight excluding hydrogens is 378 g/mol. The van der Waals surface area contributed by atoms with Crippen molar-refractivity contribution in [1.82, 2.24) is 14.8 Å². The van der Waals surface area contributed by atoms with E-state index in [1.165, 1.54) is 10.7 Å². The molecule has 1 aliphatic carbocycles. The monoisotopic (exact) mass is 388 g/mol. The molecule has 0 aliphatic heterocycles. The maximum absolute atomic E-state index is 13.1. The molecule has 0 bridgehead atoms. The Labute approximate surface area is 145 Å². The molecule has 2 heterocycles. The van der Waals surface area contributed by atoms with E-state index in [9.17, 15) is 17.4 Å². The minimum Gasteiger partial charge on any atom is -0.401 e. The SMILES string of the molecule is Cc1cc(Cl)cc2c(=O)oc(-c3cc([P+](F)(F)F)nn3C3CC3)nc12. The Kier molecular flexibility index (Phi) is 3.67. The largest absolute Gasteiger partial charge is 0.621 e. The molecule has 0 unspecified atom stereocenters. The number of rotatable bonds is 3. The van der Waals surface area contributed by atoms with E-state index in [1.54, 1.807) is 13.0 Å². The van der Waals surface area contributed by atoms with E-state index in [4.69, 9.17) is 16.0 Å². The highest BCUT2D eigenvalue weighted by Gasteiger charge is 2.51. The van der Waals surface area contributed by atoms with Gasteiger partial charge < -0.3 is 4.42 Å². The molecule has 0 radical (unpaired) electrons. The summed E-state index contributed by atoms with van der Waals surface area (Å²) in [5.41, 5.74) is -0.562. The molecule has 10 heteroatoms. The van der Waals surface area contributed by atoms with Crippen molar-refractivity contribution in [2.45, 2.75) is 25.8 Å². The highest BCUT2D eigenvalue weighted by Crippen LogP contribution is 2.63. The standard InChI is InChI=1S/C15H11ClF3N3O2P/c1-7-4-8(16)5-10-13(7)20-14(24-15(10)23)11-6-12(25(17,18)19)21-22(11)9-2-3-9/h4-6,9H,2-3H2,1H3/q+1. The number of aryl methyl sites for hydroxylation is 1. The number of hydrogen-bond acceptors (Lipinski definition) is 4. The Bertz CT molecular complexity index is 1060. The number of hydrogen-bond donors (Lipinski definition) is 0. The Morgan fingerprint density at radius 3 is 2.64 bits per heavy atom. The van der Waals surface area contributed by atoms with Gasteiger partial charge >= 0.3 is 19.3 Å². The van der Waals surface area contributed by atoms with Crippen molar-refractivity contribution in [2.75, 3.05) is 0 Å². The fourth-order valence-corrected chi connectivity index (χ4v) is 3.42. The highest BCUT2D eigenvalue weighted by molar-refractivity contribution is 7.68. The number of fused-ring (bicyclic) bond motifs is 1. The minimum atomic E-state index is -5.78. The molecule has 130 valence electrons. The van der Waals surface area contributed by atoms with Crippen LogP contribution in [0.2, 0.25) is 5.02 Å². The number of benzene rings is 1. The van der Waals surface area contributed by atoms with E-state index in [1.807, 2.05) is 0 Å². The lowest BCUT2D eigenvalue weighted by Gasteiger charge is -2.06. The summed E-state index contributed by atoms with van der Waals surface area (Å²) in [4.78, 5) is 16.5. The van der Waals surface area contributed by atoms with Crippen molar-refractivity contribution in [1.29, 1.82) is 0 Å². The molecule has 1 aliphatic rings. The van der Waals surface area contributed by atoms with Crippen molar-refractivity contribution in [3.8, 4) is 11.6 Å². The average Bonchev–Trinajstić information content (AvgIpc) is 3.25. The maximum Gasteiger partial charge on any atom is 0.621 e. The topological polar surface area (TPSA) is 60.9 Å². The van der Waals surface area contributed by atoms with Crippen LogP contribution in [0, 0.1) is 6.92 Å². The third kappa shape index (κ3) is 2.93. The lowest BCUT2D eigenvalue weighted by atomic mass is 10.1. The van der Waals surface area contributed by atoms with Crippen molar-refractivity contribution in [3.63, 3.8) is 0 Å². The van der Waals surface area contributed by atoms with Crippen LogP contribution in [0.1, 0.15) is 24.4 Å². The molecule has 0 amide bonds. The van der Waals surface area contributed by atoms with Gasteiger partial charge in [-0.3, -0.25) is 4.68 Å². The predicted octanol–water partition coefficient (Wildman–Crippen LogP) is 4.64. The third-order valence-corrected chi connectivity index (χ3v) is 4.94. The molecule has 1 aromatic carbocycles. The molecule has 4 rings (SSSR count). The van der Waals surface area contributed by atoms with Gasteiger partial charge in [0, 0.05) is 23.7 Å². The van der Waals surface area contributed by atoms with E-state index in [0.29, 0.717) is 16.1 Å². The second-order valence-corrected chi connectivity index (χ2v) is 7.72. The molecule has 3 aromatic rings. The maximum atomic E-state index is 13.1. The van der Waals surface area contributed by atoms with Crippen LogP contribution in [0.3, 0.4) is 0 Å². The first-order chi connectivity index (χ1) is 11.7. The van der Waals surface area contributed by atoms with Gasteiger partial charge in [0.25, 0.3) is 0 Å². The van der Waals surface area contributed by atoms with Gasteiger partial charge in [0.1, 0.15) is 5.69 Å². The molecule has 1 fully saturated rings. The van der Waals surface area contributed by atoms with Crippen LogP contribution < -0.4 is 11.1 Å². The zero-order valence-corrected chi connectivity index (χ0v) is 14.5. The van der Waals surface area contributed by atoms with Crippen molar-refractivity contribution < 1.29 is 17.0 Å². The normalized spacial score (nSPS) is 15.1. The van der Waals surface area contributed by atoms with E-state index < -0.39 is 19.3 Å². The van der Waals surface area contributed by atoms with E-state index in [-0.39, 0.29) is 23.0 Å². The Morgan fingerprint density at radius 1 is 1.28 bits per heavy atom. The molecule has 0 saturated heterocycles. The second-order valence-electron chi connectivity index (χ2n) is 5.93. The lowest BCUT2D eigenvalue weighted by Crippen LogP contribution is -2.08. The molecule has 0 N–H and O–H groups in total. The van der Waals surface area contributed by atoms with Gasteiger partial charge in [-0.1, -0.05) is 11.6 Å². The minimum absolute atomic E-state index is 0.0724. The summed E-state index contributed by atoms with van der Waals surface area (Å²) < 4.78 is 45.8. The first kappa shape index (κ1) is 16.5. The average molecular weight is 389 g/mol. The van der Waals surface area contributed by atoms with Gasteiger partial charge in [-0.15, -0.1) is 5.10 Å². The van der Waals surface area contributed by atoms with Crippen LogP contribution in [0.5, 0.6) is 0 Å². The zero-order chi connectivity index (χ0) is 17.9. The molecule has 5 nitrogen and oxygen atoms in total. The van der Waals surface area contributed by atoms with Gasteiger partial charge in [-0.2, -0.15) is 0 Å². The van der Waals surface area contributed by atoms with Crippen LogP contribution >= 0.6 is 19.8 Å². The number of halogens is 4. The zero-order valence-electron chi connectivity index (χ0n) is 12.8. The highest BCUT2D eigenvalue weighted by atomic mass is 35.5. The number of nitrogens with zero attached hydrogens (tertiary/aromatic N) is 3. The van der Waals surface area contributed by atoms with Crippen molar-refractivity contribution in [2.24, 2.45) is 0 Å². The molecule has 2 aromatic heterocycles. The fourth-order valence-electron chi connectivity index (χ4n) is 2.68. The van der Waals surface area contributed by atoms with Crippen LogP contribution in [0.4, 0.5) is 12.6 Å². The summed E-state index contributed by atoms with van der Waals surface area (Å²) in [6, 6.07) is 3.85. The first-order valence-electron chi connectivity index (χ1n) is 7.43.